The maximum absolute atomic E-state index is 11.1. The van der Waals surface area contributed by atoms with Gasteiger partial charge in [-0.25, -0.2) is 18.4 Å². The number of carbonyl (C=O) groups excluding carboxylic acids is 1. The van der Waals surface area contributed by atoms with Crippen molar-refractivity contribution in [3.05, 3.63) is 34.3 Å². The lowest BCUT2D eigenvalue weighted by molar-refractivity contribution is 0.0600. The van der Waals surface area contributed by atoms with Crippen molar-refractivity contribution in [3.63, 3.8) is 0 Å². The molecule has 7 heteroatoms. The number of primary sulfonamides is 1. The predicted molar refractivity (Wildman–Crippen MR) is 59.6 cm³/mol. The molecule has 0 aliphatic carbocycles. The molecule has 0 spiro atoms. The minimum atomic E-state index is -3.64. The Balaban J connectivity index is 3.05. The maximum Gasteiger partial charge on any atom is 0.337 e. The fourth-order valence-electron chi connectivity index (χ4n) is 1.13. The molecule has 5 nitrogen and oxygen atoms in total. The van der Waals surface area contributed by atoms with Gasteiger partial charge in [0, 0.05) is 5.02 Å². The Morgan fingerprint density at radius 3 is 2.56 bits per heavy atom. The number of hydrogen-bond donors (Lipinski definition) is 1. The number of ether oxygens (including phenoxy) is 1. The summed E-state index contributed by atoms with van der Waals surface area (Å²) >= 11 is 5.81. The van der Waals surface area contributed by atoms with Gasteiger partial charge >= 0.3 is 5.97 Å². The van der Waals surface area contributed by atoms with Crippen LogP contribution >= 0.6 is 11.6 Å². The van der Waals surface area contributed by atoms with Crippen LogP contribution in [-0.4, -0.2) is 21.5 Å². The number of benzene rings is 1. The second kappa shape index (κ2) is 4.82. The van der Waals surface area contributed by atoms with Gasteiger partial charge in [-0.1, -0.05) is 17.7 Å². The third kappa shape index (κ3) is 3.48. The Bertz CT molecular complexity index is 512. The molecule has 0 unspecified atom stereocenters. The molecule has 0 bridgehead atoms. The van der Waals surface area contributed by atoms with E-state index in [1.807, 2.05) is 0 Å². The van der Waals surface area contributed by atoms with E-state index in [2.05, 4.69) is 4.74 Å². The summed E-state index contributed by atoms with van der Waals surface area (Å²) in [5.74, 6) is -0.906. The number of esters is 1. The van der Waals surface area contributed by atoms with E-state index >= 15 is 0 Å². The zero-order valence-corrected chi connectivity index (χ0v) is 10.0. The molecule has 0 heterocycles. The predicted octanol–water partition coefficient (Wildman–Crippen LogP) is 0.915. The van der Waals surface area contributed by atoms with Crippen molar-refractivity contribution in [1.29, 1.82) is 0 Å². The van der Waals surface area contributed by atoms with Gasteiger partial charge in [0.15, 0.2) is 0 Å². The molecule has 0 amide bonds. The highest BCUT2D eigenvalue weighted by Crippen LogP contribution is 2.19. The molecule has 0 radical (unpaired) electrons. The smallest absolute Gasteiger partial charge is 0.337 e. The summed E-state index contributed by atoms with van der Waals surface area (Å²) in [6, 6.07) is 4.20. The molecule has 0 atom stereocenters. The van der Waals surface area contributed by atoms with E-state index in [9.17, 15) is 13.2 Å². The lowest BCUT2D eigenvalue weighted by atomic mass is 10.1. The average Bonchev–Trinajstić information content (AvgIpc) is 2.18. The Morgan fingerprint density at radius 2 is 2.12 bits per heavy atom. The molecule has 16 heavy (non-hydrogen) atoms. The number of carbonyl (C=O) groups is 1. The highest BCUT2D eigenvalue weighted by Gasteiger charge is 2.12. The second-order valence-electron chi connectivity index (χ2n) is 3.10. The SMILES string of the molecule is COC(=O)c1ccc(CS(N)(=O)=O)c(Cl)c1. The van der Waals surface area contributed by atoms with Gasteiger partial charge in [0.25, 0.3) is 0 Å². The zero-order valence-electron chi connectivity index (χ0n) is 8.44. The first-order chi connectivity index (χ1) is 7.33. The molecule has 1 rings (SSSR count). The molecule has 0 aliphatic rings. The number of nitrogens with two attached hydrogens (primary N) is 1. The lowest BCUT2D eigenvalue weighted by Gasteiger charge is -2.04. The van der Waals surface area contributed by atoms with Crippen LogP contribution in [0.4, 0.5) is 0 Å². The van der Waals surface area contributed by atoms with Gasteiger partial charge in [-0.05, 0) is 17.7 Å². The van der Waals surface area contributed by atoms with Crippen molar-refractivity contribution in [3.8, 4) is 0 Å². The van der Waals surface area contributed by atoms with Gasteiger partial charge in [0.05, 0.1) is 18.4 Å². The fourth-order valence-corrected chi connectivity index (χ4v) is 2.14. The van der Waals surface area contributed by atoms with Crippen LogP contribution in [0, 0.1) is 0 Å². The van der Waals surface area contributed by atoms with Crippen LogP contribution in [0.25, 0.3) is 0 Å². The molecule has 2 N–H and O–H groups in total. The second-order valence-corrected chi connectivity index (χ2v) is 5.13. The van der Waals surface area contributed by atoms with Crippen molar-refractivity contribution in [2.24, 2.45) is 5.14 Å². The summed E-state index contributed by atoms with van der Waals surface area (Å²) in [7, 11) is -2.39. The van der Waals surface area contributed by atoms with Crippen LogP contribution in [0.1, 0.15) is 15.9 Å². The molecule has 0 fully saturated rings. The minimum absolute atomic E-state index is 0.164. The van der Waals surface area contributed by atoms with Crippen molar-refractivity contribution in [1.82, 2.24) is 0 Å². The van der Waals surface area contributed by atoms with E-state index in [1.165, 1.54) is 25.3 Å². The van der Waals surface area contributed by atoms with E-state index in [-0.39, 0.29) is 16.3 Å². The number of halogens is 1. The minimum Gasteiger partial charge on any atom is -0.465 e. The first-order valence-corrected chi connectivity index (χ1v) is 6.30. The number of rotatable bonds is 3. The van der Waals surface area contributed by atoms with Crippen molar-refractivity contribution in [2.45, 2.75) is 5.75 Å². The van der Waals surface area contributed by atoms with Crippen LogP contribution in [0.15, 0.2) is 18.2 Å². The molecular formula is C9H10ClNO4S. The van der Waals surface area contributed by atoms with Gasteiger partial charge < -0.3 is 4.74 Å². The monoisotopic (exact) mass is 263 g/mol. The zero-order chi connectivity index (χ0) is 12.3. The maximum atomic E-state index is 11.1. The Labute approximate surface area is 98.2 Å². The quantitative estimate of drug-likeness (QED) is 0.822. The highest BCUT2D eigenvalue weighted by molar-refractivity contribution is 7.88. The van der Waals surface area contributed by atoms with Crippen molar-refractivity contribution < 1.29 is 17.9 Å². The lowest BCUT2D eigenvalue weighted by Crippen LogP contribution is -2.15. The Kier molecular flexibility index (Phi) is 3.90. The van der Waals surface area contributed by atoms with Gasteiger partial charge in [0.2, 0.25) is 10.0 Å². The molecule has 88 valence electrons. The van der Waals surface area contributed by atoms with Crippen LogP contribution in [0.5, 0.6) is 0 Å². The van der Waals surface area contributed by atoms with E-state index < -0.39 is 16.0 Å². The van der Waals surface area contributed by atoms with Crippen LogP contribution in [-0.2, 0) is 20.5 Å². The van der Waals surface area contributed by atoms with E-state index in [1.54, 1.807) is 0 Å². The first-order valence-electron chi connectivity index (χ1n) is 4.20. The molecule has 1 aromatic carbocycles. The standard InChI is InChI=1S/C9H10ClNO4S/c1-15-9(12)6-2-3-7(8(10)4-6)5-16(11,13)14/h2-4H,5H2,1H3,(H2,11,13,14). The summed E-state index contributed by atoms with van der Waals surface area (Å²) in [5.41, 5.74) is 0.600. The highest BCUT2D eigenvalue weighted by atomic mass is 35.5. The van der Waals surface area contributed by atoms with Crippen LogP contribution < -0.4 is 5.14 Å². The van der Waals surface area contributed by atoms with E-state index in [0.29, 0.717) is 5.56 Å². The number of hydrogen-bond acceptors (Lipinski definition) is 4. The summed E-state index contributed by atoms with van der Waals surface area (Å²) in [6.45, 7) is 0. The first kappa shape index (κ1) is 13.0. The van der Waals surface area contributed by atoms with E-state index in [0.717, 1.165) is 0 Å². The largest absolute Gasteiger partial charge is 0.465 e. The van der Waals surface area contributed by atoms with Gasteiger partial charge in [-0.2, -0.15) is 0 Å². The van der Waals surface area contributed by atoms with Gasteiger partial charge in [-0.3, -0.25) is 0 Å². The molecule has 1 aromatic rings. The van der Waals surface area contributed by atoms with Crippen LogP contribution in [0.2, 0.25) is 5.02 Å². The molecule has 0 aromatic heterocycles. The number of sulfonamides is 1. The van der Waals surface area contributed by atoms with Crippen LogP contribution in [0.3, 0.4) is 0 Å². The molecule has 0 saturated heterocycles. The fraction of sp³-hybridized carbons (Fsp3) is 0.222. The Morgan fingerprint density at radius 1 is 1.50 bits per heavy atom. The molecule has 0 aliphatic heterocycles. The van der Waals surface area contributed by atoms with Crippen molar-refractivity contribution in [2.75, 3.05) is 7.11 Å². The summed E-state index contributed by atoms with van der Waals surface area (Å²) in [5, 5.41) is 5.05. The normalized spacial score (nSPS) is 11.2. The Hall–Kier alpha value is -1.11. The van der Waals surface area contributed by atoms with Gasteiger partial charge in [0.1, 0.15) is 0 Å². The van der Waals surface area contributed by atoms with Crippen molar-refractivity contribution >= 4 is 27.6 Å². The summed E-state index contributed by atoms with van der Waals surface area (Å²) in [4.78, 5) is 11.1. The summed E-state index contributed by atoms with van der Waals surface area (Å²) in [6.07, 6.45) is 0. The topological polar surface area (TPSA) is 86.5 Å². The molecule has 0 saturated carbocycles. The average molecular weight is 264 g/mol. The third-order valence-corrected chi connectivity index (χ3v) is 2.90. The summed E-state index contributed by atoms with van der Waals surface area (Å²) < 4.78 is 26.2. The molecular weight excluding hydrogens is 254 g/mol. The van der Waals surface area contributed by atoms with Gasteiger partial charge in [-0.15, -0.1) is 0 Å². The number of methoxy groups -OCH3 is 1. The van der Waals surface area contributed by atoms with E-state index in [4.69, 9.17) is 16.7 Å². The third-order valence-electron chi connectivity index (χ3n) is 1.83.